The third-order valence-corrected chi connectivity index (χ3v) is 3.21. The van der Waals surface area contributed by atoms with E-state index in [4.69, 9.17) is 15.7 Å². The first-order chi connectivity index (χ1) is 9.52. The summed E-state index contributed by atoms with van der Waals surface area (Å²) in [5.74, 6) is 1.55. The first-order valence-electron chi connectivity index (χ1n) is 6.56. The van der Waals surface area contributed by atoms with E-state index in [1.807, 2.05) is 57.2 Å². The van der Waals surface area contributed by atoms with Gasteiger partial charge in [0.1, 0.15) is 11.5 Å². The summed E-state index contributed by atoms with van der Waals surface area (Å²) < 4.78 is 6.04. The van der Waals surface area contributed by atoms with Gasteiger partial charge in [-0.15, -0.1) is 0 Å². The molecule has 0 aliphatic carbocycles. The van der Waals surface area contributed by atoms with Crippen molar-refractivity contribution in [2.45, 2.75) is 26.8 Å². The van der Waals surface area contributed by atoms with Gasteiger partial charge in [0.2, 0.25) is 0 Å². The topological polar surface area (TPSA) is 59.0 Å². The standard InChI is InChI=1S/C17H18N2O/c1-11-8-14(10-18)9-12(2)17(11)20-16-7-5-4-6-15(16)13(3)19/h4-9,13H,19H2,1-3H3. The Labute approximate surface area is 119 Å². The lowest BCUT2D eigenvalue weighted by molar-refractivity contribution is 0.465. The van der Waals surface area contributed by atoms with E-state index in [1.54, 1.807) is 0 Å². The molecule has 0 aromatic heterocycles. The number of aryl methyl sites for hydroxylation is 2. The second kappa shape index (κ2) is 5.77. The van der Waals surface area contributed by atoms with E-state index in [1.165, 1.54) is 0 Å². The molecule has 0 heterocycles. The summed E-state index contributed by atoms with van der Waals surface area (Å²) in [5, 5.41) is 8.98. The molecule has 0 aliphatic heterocycles. The molecule has 20 heavy (non-hydrogen) atoms. The molecule has 0 aliphatic rings. The molecule has 1 unspecified atom stereocenters. The molecular formula is C17H18N2O. The Morgan fingerprint density at radius 1 is 1.15 bits per heavy atom. The number of ether oxygens (including phenoxy) is 1. The van der Waals surface area contributed by atoms with Crippen LogP contribution in [0.3, 0.4) is 0 Å². The predicted molar refractivity (Wildman–Crippen MR) is 79.7 cm³/mol. The van der Waals surface area contributed by atoms with Gasteiger partial charge in [-0.2, -0.15) is 5.26 Å². The second-order valence-corrected chi connectivity index (χ2v) is 4.98. The number of hydrogen-bond donors (Lipinski definition) is 1. The lowest BCUT2D eigenvalue weighted by atomic mass is 10.1. The van der Waals surface area contributed by atoms with Crippen LogP contribution >= 0.6 is 0 Å². The molecule has 0 fully saturated rings. The molecule has 1 atom stereocenters. The summed E-state index contributed by atoms with van der Waals surface area (Å²) in [4.78, 5) is 0. The van der Waals surface area contributed by atoms with Gasteiger partial charge in [-0.25, -0.2) is 0 Å². The fourth-order valence-corrected chi connectivity index (χ4v) is 2.24. The molecule has 0 bridgehead atoms. The highest BCUT2D eigenvalue weighted by atomic mass is 16.5. The molecule has 2 aromatic carbocycles. The quantitative estimate of drug-likeness (QED) is 0.913. The Morgan fingerprint density at radius 3 is 2.30 bits per heavy atom. The van der Waals surface area contributed by atoms with Crippen LogP contribution in [-0.2, 0) is 0 Å². The second-order valence-electron chi connectivity index (χ2n) is 4.98. The normalized spacial score (nSPS) is 11.8. The van der Waals surface area contributed by atoms with E-state index in [-0.39, 0.29) is 6.04 Å². The average Bonchev–Trinajstić information content (AvgIpc) is 2.42. The minimum absolute atomic E-state index is 0.0924. The van der Waals surface area contributed by atoms with Crippen molar-refractivity contribution in [3.8, 4) is 17.6 Å². The van der Waals surface area contributed by atoms with Gasteiger partial charge in [-0.3, -0.25) is 0 Å². The third-order valence-electron chi connectivity index (χ3n) is 3.21. The Hall–Kier alpha value is -2.31. The van der Waals surface area contributed by atoms with Gasteiger partial charge in [-0.05, 0) is 50.1 Å². The Bertz CT molecular complexity index is 646. The average molecular weight is 266 g/mol. The minimum atomic E-state index is -0.0924. The van der Waals surface area contributed by atoms with Crippen LogP contribution in [0.2, 0.25) is 0 Å². The predicted octanol–water partition coefficient (Wildman–Crippen LogP) is 3.99. The van der Waals surface area contributed by atoms with Gasteiger partial charge in [-0.1, -0.05) is 18.2 Å². The molecule has 0 amide bonds. The number of para-hydroxylation sites is 1. The van der Waals surface area contributed by atoms with Gasteiger partial charge in [0.05, 0.1) is 11.6 Å². The first kappa shape index (κ1) is 14.1. The van der Waals surface area contributed by atoms with Crippen molar-refractivity contribution in [1.82, 2.24) is 0 Å². The molecule has 0 spiro atoms. The number of nitriles is 1. The molecule has 2 rings (SSSR count). The Balaban J connectivity index is 2.44. The van der Waals surface area contributed by atoms with Crippen LogP contribution in [0, 0.1) is 25.2 Å². The van der Waals surface area contributed by atoms with Crippen LogP contribution in [0.15, 0.2) is 36.4 Å². The number of nitrogens with two attached hydrogens (primary N) is 1. The first-order valence-corrected chi connectivity index (χ1v) is 6.56. The van der Waals surface area contributed by atoms with E-state index >= 15 is 0 Å². The zero-order valence-corrected chi connectivity index (χ0v) is 12.0. The van der Waals surface area contributed by atoms with Gasteiger partial charge < -0.3 is 10.5 Å². The number of hydrogen-bond acceptors (Lipinski definition) is 3. The van der Waals surface area contributed by atoms with Crippen LogP contribution in [-0.4, -0.2) is 0 Å². The maximum absolute atomic E-state index is 8.98. The van der Waals surface area contributed by atoms with Crippen molar-refractivity contribution < 1.29 is 4.74 Å². The van der Waals surface area contributed by atoms with Gasteiger partial charge in [0.25, 0.3) is 0 Å². The molecule has 0 radical (unpaired) electrons. The van der Waals surface area contributed by atoms with Gasteiger partial charge in [0.15, 0.2) is 0 Å². The van der Waals surface area contributed by atoms with Gasteiger partial charge in [0, 0.05) is 11.6 Å². The summed E-state index contributed by atoms with van der Waals surface area (Å²) in [7, 11) is 0. The molecule has 2 aromatic rings. The largest absolute Gasteiger partial charge is 0.456 e. The molecule has 3 heteroatoms. The fourth-order valence-electron chi connectivity index (χ4n) is 2.24. The summed E-state index contributed by atoms with van der Waals surface area (Å²) in [5.41, 5.74) is 9.47. The van der Waals surface area contributed by atoms with Crippen molar-refractivity contribution in [1.29, 1.82) is 5.26 Å². The van der Waals surface area contributed by atoms with Crippen molar-refractivity contribution in [3.63, 3.8) is 0 Å². The zero-order chi connectivity index (χ0) is 14.7. The highest BCUT2D eigenvalue weighted by molar-refractivity contribution is 5.50. The van der Waals surface area contributed by atoms with Crippen molar-refractivity contribution >= 4 is 0 Å². The zero-order valence-electron chi connectivity index (χ0n) is 12.0. The van der Waals surface area contributed by atoms with E-state index in [9.17, 15) is 0 Å². The van der Waals surface area contributed by atoms with Crippen LogP contribution in [0.5, 0.6) is 11.5 Å². The monoisotopic (exact) mass is 266 g/mol. The minimum Gasteiger partial charge on any atom is -0.456 e. The van der Waals surface area contributed by atoms with E-state index < -0.39 is 0 Å². The number of benzene rings is 2. The van der Waals surface area contributed by atoms with Gasteiger partial charge >= 0.3 is 0 Å². The SMILES string of the molecule is Cc1cc(C#N)cc(C)c1Oc1ccccc1C(C)N. The molecule has 0 saturated carbocycles. The third kappa shape index (κ3) is 2.81. The maximum atomic E-state index is 8.98. The van der Waals surface area contributed by atoms with Crippen LogP contribution in [0.1, 0.15) is 35.2 Å². The Kier molecular flexibility index (Phi) is 4.07. The lowest BCUT2D eigenvalue weighted by Gasteiger charge is -2.16. The van der Waals surface area contributed by atoms with Crippen molar-refractivity contribution in [3.05, 3.63) is 58.7 Å². The number of nitrogens with zero attached hydrogens (tertiary/aromatic N) is 1. The highest BCUT2D eigenvalue weighted by Gasteiger charge is 2.12. The molecule has 0 saturated heterocycles. The fraction of sp³-hybridized carbons (Fsp3) is 0.235. The summed E-state index contributed by atoms with van der Waals surface area (Å²) in [6.07, 6.45) is 0. The molecule has 102 valence electrons. The van der Waals surface area contributed by atoms with E-state index in [2.05, 4.69) is 6.07 Å². The van der Waals surface area contributed by atoms with Crippen LogP contribution in [0.4, 0.5) is 0 Å². The number of rotatable bonds is 3. The van der Waals surface area contributed by atoms with E-state index in [0.717, 1.165) is 28.2 Å². The highest BCUT2D eigenvalue weighted by Crippen LogP contribution is 2.33. The van der Waals surface area contributed by atoms with Crippen LogP contribution in [0.25, 0.3) is 0 Å². The van der Waals surface area contributed by atoms with Crippen molar-refractivity contribution in [2.75, 3.05) is 0 Å². The lowest BCUT2D eigenvalue weighted by Crippen LogP contribution is -2.07. The van der Waals surface area contributed by atoms with Crippen molar-refractivity contribution in [2.24, 2.45) is 5.73 Å². The Morgan fingerprint density at radius 2 is 1.75 bits per heavy atom. The maximum Gasteiger partial charge on any atom is 0.133 e. The molecular weight excluding hydrogens is 248 g/mol. The van der Waals surface area contributed by atoms with E-state index in [0.29, 0.717) is 5.56 Å². The smallest absolute Gasteiger partial charge is 0.133 e. The molecule has 3 nitrogen and oxygen atoms in total. The summed E-state index contributed by atoms with van der Waals surface area (Å²) >= 11 is 0. The van der Waals surface area contributed by atoms with Crippen LogP contribution < -0.4 is 10.5 Å². The molecule has 2 N–H and O–H groups in total. The summed E-state index contributed by atoms with van der Waals surface area (Å²) in [6, 6.07) is 13.5. The summed E-state index contributed by atoms with van der Waals surface area (Å²) in [6.45, 7) is 5.82.